The summed E-state index contributed by atoms with van der Waals surface area (Å²) in [6, 6.07) is 11.8. The summed E-state index contributed by atoms with van der Waals surface area (Å²) >= 11 is 6.49. The fraction of sp³-hybridized carbons (Fsp3) is 0.533. The van der Waals surface area contributed by atoms with Crippen LogP contribution in [-0.4, -0.2) is 83.4 Å². The van der Waals surface area contributed by atoms with Crippen LogP contribution in [-0.2, 0) is 10.4 Å². The van der Waals surface area contributed by atoms with Crippen molar-refractivity contribution < 1.29 is 33.0 Å². The SMILES string of the molecule is O=C(c1ccc(N2CCC(C3CCN(C(=O)C(O)(c4ccccc4)C(F)(F)F)CC3)CC2)cc1Cl)N1CCC1CO. The van der Waals surface area contributed by atoms with Crippen LogP contribution in [0.25, 0.3) is 0 Å². The lowest BCUT2D eigenvalue weighted by Crippen LogP contribution is -2.57. The first-order valence-electron chi connectivity index (χ1n) is 14.1. The van der Waals surface area contributed by atoms with Gasteiger partial charge in [-0.05, 0) is 62.1 Å². The third kappa shape index (κ3) is 5.66. The largest absolute Gasteiger partial charge is 0.430 e. The summed E-state index contributed by atoms with van der Waals surface area (Å²) in [5.74, 6) is -0.814. The number of aliphatic hydroxyl groups is 2. The number of aliphatic hydroxyl groups excluding tert-OH is 1. The topological polar surface area (TPSA) is 84.3 Å². The molecule has 7 nitrogen and oxygen atoms in total. The van der Waals surface area contributed by atoms with Gasteiger partial charge in [0.2, 0.25) is 0 Å². The third-order valence-corrected chi connectivity index (χ3v) is 9.42. The lowest BCUT2D eigenvalue weighted by Gasteiger charge is -2.42. The Morgan fingerprint density at radius 3 is 2.00 bits per heavy atom. The van der Waals surface area contributed by atoms with Crippen LogP contribution in [0.1, 0.15) is 48.0 Å². The monoisotopic (exact) mass is 593 g/mol. The molecular weight excluding hydrogens is 559 g/mol. The molecule has 41 heavy (non-hydrogen) atoms. The van der Waals surface area contributed by atoms with Crippen molar-refractivity contribution in [3.05, 3.63) is 64.7 Å². The Morgan fingerprint density at radius 2 is 1.49 bits per heavy atom. The van der Waals surface area contributed by atoms with Gasteiger partial charge in [-0.15, -0.1) is 0 Å². The zero-order valence-electron chi connectivity index (χ0n) is 22.7. The second-order valence-corrected chi connectivity index (χ2v) is 11.7. The van der Waals surface area contributed by atoms with E-state index in [0.29, 0.717) is 35.9 Å². The van der Waals surface area contributed by atoms with Crippen LogP contribution >= 0.6 is 11.6 Å². The average molecular weight is 594 g/mol. The van der Waals surface area contributed by atoms with Gasteiger partial charge in [0.1, 0.15) is 0 Å². The van der Waals surface area contributed by atoms with Gasteiger partial charge in [0, 0.05) is 44.0 Å². The van der Waals surface area contributed by atoms with E-state index >= 15 is 0 Å². The van der Waals surface area contributed by atoms with Gasteiger partial charge in [0.05, 0.1) is 23.2 Å². The molecule has 2 N–H and O–H groups in total. The summed E-state index contributed by atoms with van der Waals surface area (Å²) < 4.78 is 41.9. The van der Waals surface area contributed by atoms with Crippen molar-refractivity contribution in [2.45, 2.75) is 49.9 Å². The molecule has 0 radical (unpaired) electrons. The van der Waals surface area contributed by atoms with Gasteiger partial charge in [-0.3, -0.25) is 9.59 Å². The van der Waals surface area contributed by atoms with Crippen LogP contribution in [0.5, 0.6) is 0 Å². The highest BCUT2D eigenvalue weighted by Crippen LogP contribution is 2.42. The van der Waals surface area contributed by atoms with E-state index in [2.05, 4.69) is 4.90 Å². The lowest BCUT2D eigenvalue weighted by atomic mass is 9.78. The van der Waals surface area contributed by atoms with Crippen LogP contribution in [0.15, 0.2) is 48.5 Å². The number of carbonyl (C=O) groups excluding carboxylic acids is 2. The number of halogens is 4. The van der Waals surface area contributed by atoms with Crippen LogP contribution < -0.4 is 4.90 Å². The Morgan fingerprint density at radius 1 is 0.878 bits per heavy atom. The molecule has 2 aromatic rings. The number of rotatable bonds is 6. The number of hydrogen-bond acceptors (Lipinski definition) is 5. The number of benzene rings is 2. The summed E-state index contributed by atoms with van der Waals surface area (Å²) in [4.78, 5) is 30.8. The maximum Gasteiger partial charge on any atom is 0.430 e. The van der Waals surface area contributed by atoms with Crippen molar-refractivity contribution in [1.29, 1.82) is 0 Å². The Kier molecular flexibility index (Phi) is 8.55. The molecule has 2 atom stereocenters. The Bertz CT molecular complexity index is 1250. The third-order valence-electron chi connectivity index (χ3n) is 9.11. The van der Waals surface area contributed by atoms with Gasteiger partial charge in [0.15, 0.2) is 0 Å². The first-order chi connectivity index (χ1) is 19.5. The average Bonchev–Trinajstić information content (AvgIpc) is 2.96. The van der Waals surface area contributed by atoms with Crippen molar-refractivity contribution in [1.82, 2.24) is 9.80 Å². The fourth-order valence-corrected chi connectivity index (χ4v) is 6.70. The maximum absolute atomic E-state index is 14.0. The highest BCUT2D eigenvalue weighted by Gasteiger charge is 2.62. The Labute approximate surface area is 242 Å². The van der Waals surface area contributed by atoms with Gasteiger partial charge < -0.3 is 24.9 Å². The van der Waals surface area contributed by atoms with Gasteiger partial charge in [0.25, 0.3) is 17.4 Å². The normalized spacial score (nSPS) is 22.3. The highest BCUT2D eigenvalue weighted by molar-refractivity contribution is 6.34. The molecule has 222 valence electrons. The molecule has 2 amide bonds. The predicted molar refractivity (Wildman–Crippen MR) is 149 cm³/mol. The van der Waals surface area contributed by atoms with Crippen molar-refractivity contribution in [3.8, 4) is 0 Å². The molecule has 2 aromatic carbocycles. The molecule has 11 heteroatoms. The molecule has 3 saturated heterocycles. The number of amides is 2. The molecule has 3 heterocycles. The predicted octanol–water partition coefficient (Wildman–Crippen LogP) is 4.45. The van der Waals surface area contributed by atoms with Crippen molar-refractivity contribution >= 4 is 29.1 Å². The number of hydrogen-bond donors (Lipinski definition) is 2. The Balaban J connectivity index is 1.15. The van der Waals surface area contributed by atoms with Crippen molar-refractivity contribution in [2.24, 2.45) is 11.8 Å². The molecule has 0 aromatic heterocycles. The minimum Gasteiger partial charge on any atom is -0.394 e. The fourth-order valence-electron chi connectivity index (χ4n) is 6.45. The summed E-state index contributed by atoms with van der Waals surface area (Å²) in [6.45, 7) is 2.47. The summed E-state index contributed by atoms with van der Waals surface area (Å²) in [7, 11) is 0. The second-order valence-electron chi connectivity index (χ2n) is 11.3. The van der Waals surface area contributed by atoms with Crippen LogP contribution in [0.2, 0.25) is 5.02 Å². The van der Waals surface area contributed by atoms with Gasteiger partial charge in [-0.2, -0.15) is 13.2 Å². The van der Waals surface area contributed by atoms with E-state index in [9.17, 15) is 33.0 Å². The highest BCUT2D eigenvalue weighted by atomic mass is 35.5. The molecule has 5 rings (SSSR count). The summed E-state index contributed by atoms with van der Waals surface area (Å²) in [5.41, 5.74) is -2.68. The van der Waals surface area contributed by atoms with Crippen molar-refractivity contribution in [2.75, 3.05) is 44.2 Å². The number of anilines is 1. The number of alkyl halides is 3. The molecule has 3 aliphatic rings. The molecule has 3 aliphatic heterocycles. The summed E-state index contributed by atoms with van der Waals surface area (Å²) in [6.07, 6.45) is -1.37. The standard InChI is InChI=1S/C30H35ClF3N3O4/c31-26-18-23(6-7-25(26)27(39)37-17-12-24(37)19-38)35-13-8-20(9-14-35)21-10-15-36(16-11-21)28(40)29(41,30(32,33)34)22-4-2-1-3-5-22/h1-7,18,20-21,24,38,41H,8-17,19H2. The minimum absolute atomic E-state index is 0.0603. The first-order valence-corrected chi connectivity index (χ1v) is 14.5. The number of piperidine rings is 2. The van der Waals surface area contributed by atoms with Gasteiger partial charge >= 0.3 is 6.18 Å². The molecule has 0 aliphatic carbocycles. The van der Waals surface area contributed by atoms with Crippen LogP contribution in [0.4, 0.5) is 18.9 Å². The van der Waals surface area contributed by atoms with E-state index < -0.39 is 23.2 Å². The molecule has 0 saturated carbocycles. The zero-order chi connectivity index (χ0) is 29.4. The number of likely N-dealkylation sites (tertiary alicyclic amines) is 2. The van der Waals surface area contributed by atoms with E-state index in [1.54, 1.807) is 11.0 Å². The smallest absolute Gasteiger partial charge is 0.394 e. The van der Waals surface area contributed by atoms with Crippen LogP contribution in [0, 0.1) is 11.8 Å². The Hall–Kier alpha value is -2.82. The van der Waals surface area contributed by atoms with Crippen molar-refractivity contribution in [3.63, 3.8) is 0 Å². The van der Waals surface area contributed by atoms with Crippen LogP contribution in [0.3, 0.4) is 0 Å². The first kappa shape index (κ1) is 29.7. The van der Waals surface area contributed by atoms with Gasteiger partial charge in [-0.1, -0.05) is 41.9 Å². The minimum atomic E-state index is -5.14. The lowest BCUT2D eigenvalue weighted by molar-refractivity contribution is -0.262. The van der Waals surface area contributed by atoms with E-state index in [1.165, 1.54) is 18.2 Å². The van der Waals surface area contributed by atoms with Gasteiger partial charge in [-0.25, -0.2) is 0 Å². The van der Waals surface area contributed by atoms with E-state index in [1.807, 2.05) is 12.1 Å². The van der Waals surface area contributed by atoms with E-state index in [4.69, 9.17) is 11.6 Å². The molecule has 0 spiro atoms. The molecule has 3 fully saturated rings. The molecule has 2 unspecified atom stereocenters. The quantitative estimate of drug-likeness (QED) is 0.517. The molecule has 0 bridgehead atoms. The second kappa shape index (κ2) is 11.8. The number of carbonyl (C=O) groups is 2. The van der Waals surface area contributed by atoms with E-state index in [0.717, 1.165) is 55.1 Å². The summed E-state index contributed by atoms with van der Waals surface area (Å²) in [5, 5.41) is 20.4. The number of nitrogens with zero attached hydrogens (tertiary/aromatic N) is 3. The maximum atomic E-state index is 14.0. The zero-order valence-corrected chi connectivity index (χ0v) is 23.4. The van der Waals surface area contributed by atoms with E-state index in [-0.39, 0.29) is 37.6 Å². The molecular formula is C30H35ClF3N3O4.